The Balaban J connectivity index is 1.73. The van der Waals surface area contributed by atoms with Gasteiger partial charge in [-0.2, -0.15) is 16.9 Å². The first-order valence-electron chi connectivity index (χ1n) is 7.89. The molecule has 4 rings (SSSR count). The Morgan fingerprint density at radius 1 is 1.25 bits per heavy atom. The molecule has 0 atom stereocenters. The molecule has 122 valence electrons. The molecular weight excluding hydrogens is 338 g/mol. The highest BCUT2D eigenvalue weighted by Crippen LogP contribution is 2.36. The van der Waals surface area contributed by atoms with E-state index in [1.807, 2.05) is 34.0 Å². The van der Waals surface area contributed by atoms with E-state index >= 15 is 0 Å². The number of thioether (sulfide) groups is 1. The molecule has 0 saturated heterocycles. The molecule has 1 amide bonds. The van der Waals surface area contributed by atoms with Gasteiger partial charge in [0.2, 0.25) is 0 Å². The van der Waals surface area contributed by atoms with Crippen molar-refractivity contribution in [3.63, 3.8) is 0 Å². The lowest BCUT2D eigenvalue weighted by atomic mass is 10.1. The van der Waals surface area contributed by atoms with Gasteiger partial charge in [-0.15, -0.1) is 11.3 Å². The Kier molecular flexibility index (Phi) is 4.16. The van der Waals surface area contributed by atoms with Crippen LogP contribution in [0.3, 0.4) is 0 Å². The number of aromatic nitrogens is 2. The predicted octanol–water partition coefficient (Wildman–Crippen LogP) is 4.50. The molecule has 4 nitrogen and oxygen atoms in total. The van der Waals surface area contributed by atoms with Crippen molar-refractivity contribution in [3.8, 4) is 5.69 Å². The minimum atomic E-state index is -0.0731. The van der Waals surface area contributed by atoms with E-state index in [0.717, 1.165) is 40.7 Å². The highest BCUT2D eigenvalue weighted by Gasteiger charge is 2.25. The Hall–Kier alpha value is -2.05. The van der Waals surface area contributed by atoms with Crippen LogP contribution in [0.2, 0.25) is 0 Å². The molecular formula is C18H17N3OS2. The maximum Gasteiger partial charge on any atom is 0.266 e. The summed E-state index contributed by atoms with van der Waals surface area (Å²) >= 11 is 3.28. The molecule has 1 aliphatic rings. The highest BCUT2D eigenvalue weighted by molar-refractivity contribution is 7.98. The highest BCUT2D eigenvalue weighted by atomic mass is 32.2. The van der Waals surface area contributed by atoms with Crippen molar-refractivity contribution < 1.29 is 4.79 Å². The van der Waals surface area contributed by atoms with Crippen LogP contribution in [0.15, 0.2) is 41.8 Å². The zero-order chi connectivity index (χ0) is 16.5. The summed E-state index contributed by atoms with van der Waals surface area (Å²) in [6.07, 6.45) is 1.01. The van der Waals surface area contributed by atoms with Gasteiger partial charge in [0.25, 0.3) is 5.91 Å². The Labute approximate surface area is 148 Å². The second-order valence-electron chi connectivity index (χ2n) is 5.63. The third-order valence-electron chi connectivity index (χ3n) is 4.12. The van der Waals surface area contributed by atoms with Crippen LogP contribution >= 0.6 is 23.1 Å². The quantitative estimate of drug-likeness (QED) is 0.750. The van der Waals surface area contributed by atoms with Gasteiger partial charge >= 0.3 is 0 Å². The summed E-state index contributed by atoms with van der Waals surface area (Å²) in [5.41, 5.74) is 4.48. The second-order valence-corrected chi connectivity index (χ2v) is 7.56. The van der Waals surface area contributed by atoms with Crippen LogP contribution in [0, 0.1) is 0 Å². The SMILES string of the molecule is CCc1ccc(-n2nc3c(c2NC(=O)c2cccs2)CSC3)cc1. The number of amides is 1. The van der Waals surface area contributed by atoms with Crippen LogP contribution in [0.4, 0.5) is 5.82 Å². The number of benzene rings is 1. The molecule has 1 aromatic carbocycles. The summed E-state index contributed by atoms with van der Waals surface area (Å²) in [4.78, 5) is 13.2. The number of carbonyl (C=O) groups is 1. The lowest BCUT2D eigenvalue weighted by Crippen LogP contribution is -2.15. The summed E-state index contributed by atoms with van der Waals surface area (Å²) < 4.78 is 1.87. The fourth-order valence-electron chi connectivity index (χ4n) is 2.78. The Morgan fingerprint density at radius 3 is 2.79 bits per heavy atom. The number of hydrogen-bond acceptors (Lipinski definition) is 4. The van der Waals surface area contributed by atoms with E-state index in [4.69, 9.17) is 5.10 Å². The van der Waals surface area contributed by atoms with Crippen molar-refractivity contribution in [2.75, 3.05) is 5.32 Å². The molecule has 24 heavy (non-hydrogen) atoms. The molecule has 0 aliphatic carbocycles. The first kappa shape index (κ1) is 15.5. The standard InChI is InChI=1S/C18H17N3OS2/c1-2-12-5-7-13(8-6-12)21-17(14-10-23-11-15(14)20-21)19-18(22)16-4-3-9-24-16/h3-9H,2,10-11H2,1H3,(H,19,22). The topological polar surface area (TPSA) is 46.9 Å². The second kappa shape index (κ2) is 6.45. The first-order chi connectivity index (χ1) is 11.8. The van der Waals surface area contributed by atoms with Gasteiger partial charge in [0, 0.05) is 17.1 Å². The number of nitrogens with zero attached hydrogens (tertiary/aromatic N) is 2. The van der Waals surface area contributed by atoms with Crippen LogP contribution in [-0.4, -0.2) is 15.7 Å². The van der Waals surface area contributed by atoms with Crippen molar-refractivity contribution in [1.82, 2.24) is 9.78 Å². The van der Waals surface area contributed by atoms with Gasteiger partial charge in [-0.1, -0.05) is 25.1 Å². The maximum absolute atomic E-state index is 12.5. The van der Waals surface area contributed by atoms with Crippen LogP contribution in [0.25, 0.3) is 5.69 Å². The summed E-state index contributed by atoms with van der Waals surface area (Å²) in [6.45, 7) is 2.14. The predicted molar refractivity (Wildman–Crippen MR) is 100 cm³/mol. The average Bonchev–Trinajstić information content (AvgIpc) is 3.33. The molecule has 1 aliphatic heterocycles. The molecule has 0 radical (unpaired) electrons. The number of carbonyl (C=O) groups excluding carboxylic acids is 1. The average molecular weight is 355 g/mol. The van der Waals surface area contributed by atoms with Gasteiger partial charge in [-0.3, -0.25) is 4.79 Å². The maximum atomic E-state index is 12.5. The van der Waals surface area contributed by atoms with E-state index < -0.39 is 0 Å². The monoisotopic (exact) mass is 355 g/mol. The van der Waals surface area contributed by atoms with Crippen molar-refractivity contribution in [1.29, 1.82) is 0 Å². The van der Waals surface area contributed by atoms with Crippen molar-refractivity contribution >= 4 is 34.8 Å². The van der Waals surface area contributed by atoms with Gasteiger partial charge in [0.05, 0.1) is 16.3 Å². The van der Waals surface area contributed by atoms with Crippen LogP contribution in [0.5, 0.6) is 0 Å². The van der Waals surface area contributed by atoms with Gasteiger partial charge in [0.1, 0.15) is 5.82 Å². The van der Waals surface area contributed by atoms with Crippen LogP contribution in [0.1, 0.15) is 33.4 Å². The minimum absolute atomic E-state index is 0.0731. The van der Waals surface area contributed by atoms with E-state index in [9.17, 15) is 4.79 Å². The van der Waals surface area contributed by atoms with Gasteiger partial charge in [-0.25, -0.2) is 4.68 Å². The van der Waals surface area contributed by atoms with E-state index in [0.29, 0.717) is 4.88 Å². The number of nitrogens with one attached hydrogen (secondary N) is 1. The van der Waals surface area contributed by atoms with E-state index in [-0.39, 0.29) is 5.91 Å². The fraction of sp³-hybridized carbons (Fsp3) is 0.222. The molecule has 0 saturated carbocycles. The lowest BCUT2D eigenvalue weighted by Gasteiger charge is -2.11. The molecule has 2 aromatic heterocycles. The zero-order valence-electron chi connectivity index (χ0n) is 13.3. The third-order valence-corrected chi connectivity index (χ3v) is 5.96. The molecule has 6 heteroatoms. The molecule has 0 bridgehead atoms. The summed E-state index contributed by atoms with van der Waals surface area (Å²) in [7, 11) is 0. The number of anilines is 1. The third kappa shape index (κ3) is 2.76. The molecule has 0 fully saturated rings. The van der Waals surface area contributed by atoms with E-state index in [2.05, 4.69) is 36.5 Å². The number of aryl methyl sites for hydroxylation is 1. The molecule has 3 aromatic rings. The zero-order valence-corrected chi connectivity index (χ0v) is 14.9. The van der Waals surface area contributed by atoms with Crippen LogP contribution in [-0.2, 0) is 17.9 Å². The largest absolute Gasteiger partial charge is 0.305 e. The minimum Gasteiger partial charge on any atom is -0.305 e. The van der Waals surface area contributed by atoms with Crippen molar-refractivity contribution in [3.05, 3.63) is 63.5 Å². The van der Waals surface area contributed by atoms with Crippen LogP contribution < -0.4 is 5.32 Å². The molecule has 0 unspecified atom stereocenters. The molecule has 1 N–H and O–H groups in total. The fourth-order valence-corrected chi connectivity index (χ4v) is 4.43. The summed E-state index contributed by atoms with van der Waals surface area (Å²) in [5, 5.41) is 9.73. The van der Waals surface area contributed by atoms with E-state index in [1.165, 1.54) is 16.9 Å². The summed E-state index contributed by atoms with van der Waals surface area (Å²) in [6, 6.07) is 12.1. The lowest BCUT2D eigenvalue weighted by molar-refractivity contribution is 0.102. The molecule has 0 spiro atoms. The number of hydrogen-bond donors (Lipinski definition) is 1. The number of fused-ring (bicyclic) bond motifs is 1. The Morgan fingerprint density at radius 2 is 2.08 bits per heavy atom. The number of thiophene rings is 1. The smallest absolute Gasteiger partial charge is 0.266 e. The van der Waals surface area contributed by atoms with Gasteiger partial charge < -0.3 is 5.32 Å². The van der Waals surface area contributed by atoms with E-state index in [1.54, 1.807) is 0 Å². The van der Waals surface area contributed by atoms with Crippen molar-refractivity contribution in [2.24, 2.45) is 0 Å². The normalized spacial score (nSPS) is 13.0. The number of rotatable bonds is 4. The summed E-state index contributed by atoms with van der Waals surface area (Å²) in [5.74, 6) is 2.52. The Bertz CT molecular complexity index is 867. The molecule has 3 heterocycles. The van der Waals surface area contributed by atoms with Gasteiger partial charge in [0.15, 0.2) is 0 Å². The van der Waals surface area contributed by atoms with Gasteiger partial charge in [-0.05, 0) is 35.6 Å². The first-order valence-corrected chi connectivity index (χ1v) is 9.92. The van der Waals surface area contributed by atoms with Crippen molar-refractivity contribution in [2.45, 2.75) is 24.9 Å².